The Bertz CT molecular complexity index is 1470. The molecule has 0 aliphatic carbocycles. The largest absolute Gasteiger partial charge is 0.481 e. The van der Waals surface area contributed by atoms with E-state index >= 15 is 0 Å². The van der Waals surface area contributed by atoms with Gasteiger partial charge in [-0.3, -0.25) is 14.9 Å². The van der Waals surface area contributed by atoms with E-state index in [1.807, 2.05) is 43.3 Å². The molecule has 0 radical (unpaired) electrons. The highest BCUT2D eigenvalue weighted by Gasteiger charge is 2.21. The number of ether oxygens (including phenoxy) is 1. The van der Waals surface area contributed by atoms with Crippen LogP contribution >= 0.6 is 27.5 Å². The SMILES string of the molecule is CCc1nc2ccc(Br)cc2c(=O)n1N=Cc1cc(Cl)c(OCc2ccccc2)c([N+](=O)[O-])c1. The first-order valence-electron chi connectivity index (χ1n) is 10.3. The van der Waals surface area contributed by atoms with Gasteiger partial charge in [0.1, 0.15) is 12.4 Å². The van der Waals surface area contributed by atoms with Crippen molar-refractivity contribution in [2.75, 3.05) is 0 Å². The number of hydrogen-bond donors (Lipinski definition) is 0. The zero-order chi connectivity index (χ0) is 24.2. The van der Waals surface area contributed by atoms with Crippen LogP contribution < -0.4 is 10.3 Å². The third kappa shape index (κ3) is 5.00. The van der Waals surface area contributed by atoms with Gasteiger partial charge in [-0.15, -0.1) is 0 Å². The summed E-state index contributed by atoms with van der Waals surface area (Å²) in [7, 11) is 0. The van der Waals surface area contributed by atoms with E-state index in [1.165, 1.54) is 23.0 Å². The van der Waals surface area contributed by atoms with Gasteiger partial charge in [0, 0.05) is 22.5 Å². The van der Waals surface area contributed by atoms with Crippen LogP contribution in [0, 0.1) is 10.1 Å². The first-order valence-corrected chi connectivity index (χ1v) is 11.4. The summed E-state index contributed by atoms with van der Waals surface area (Å²) >= 11 is 9.70. The summed E-state index contributed by atoms with van der Waals surface area (Å²) in [5, 5.41) is 16.4. The molecule has 1 heterocycles. The van der Waals surface area contributed by atoms with Crippen molar-refractivity contribution in [1.82, 2.24) is 9.66 Å². The Morgan fingerprint density at radius 1 is 1.21 bits per heavy atom. The van der Waals surface area contributed by atoms with E-state index in [9.17, 15) is 14.9 Å². The Morgan fingerprint density at radius 2 is 1.97 bits per heavy atom. The molecule has 4 rings (SSSR count). The van der Waals surface area contributed by atoms with Crippen molar-refractivity contribution in [2.24, 2.45) is 5.10 Å². The minimum atomic E-state index is -0.567. The van der Waals surface area contributed by atoms with Crippen molar-refractivity contribution in [3.8, 4) is 5.75 Å². The number of hydrogen-bond acceptors (Lipinski definition) is 6. The predicted molar refractivity (Wildman–Crippen MR) is 135 cm³/mol. The zero-order valence-corrected chi connectivity index (χ0v) is 20.3. The maximum atomic E-state index is 13.0. The van der Waals surface area contributed by atoms with Gasteiger partial charge in [-0.25, -0.2) is 4.98 Å². The molecule has 8 nitrogen and oxygen atoms in total. The Morgan fingerprint density at radius 3 is 2.68 bits per heavy atom. The number of nitro benzene ring substituents is 1. The molecule has 0 saturated heterocycles. The molecule has 0 amide bonds. The number of nitrogens with zero attached hydrogens (tertiary/aromatic N) is 4. The molecule has 1 aromatic heterocycles. The highest BCUT2D eigenvalue weighted by Crippen LogP contribution is 2.36. The van der Waals surface area contributed by atoms with Gasteiger partial charge in [0.15, 0.2) is 0 Å². The summed E-state index contributed by atoms with van der Waals surface area (Å²) in [5.74, 6) is 0.427. The van der Waals surface area contributed by atoms with Crippen LogP contribution in [0.2, 0.25) is 5.02 Å². The van der Waals surface area contributed by atoms with Crippen LogP contribution in [-0.4, -0.2) is 20.8 Å². The van der Waals surface area contributed by atoms with Crippen molar-refractivity contribution >= 4 is 50.3 Å². The average Bonchev–Trinajstić information content (AvgIpc) is 2.83. The normalized spacial score (nSPS) is 11.3. The molecule has 34 heavy (non-hydrogen) atoms. The molecule has 0 bridgehead atoms. The summed E-state index contributed by atoms with van der Waals surface area (Å²) in [6, 6.07) is 17.3. The fraction of sp³-hybridized carbons (Fsp3) is 0.125. The van der Waals surface area contributed by atoms with E-state index in [-0.39, 0.29) is 28.6 Å². The Hall–Kier alpha value is -3.56. The second-order valence-corrected chi connectivity index (χ2v) is 8.61. The third-order valence-corrected chi connectivity index (χ3v) is 5.76. The molecule has 0 aliphatic heterocycles. The molecule has 0 atom stereocenters. The van der Waals surface area contributed by atoms with E-state index in [1.54, 1.807) is 12.1 Å². The number of aryl methyl sites for hydroxylation is 1. The fourth-order valence-electron chi connectivity index (χ4n) is 3.35. The van der Waals surface area contributed by atoms with Crippen LogP contribution in [0.4, 0.5) is 5.69 Å². The summed E-state index contributed by atoms with van der Waals surface area (Å²) in [4.78, 5) is 28.7. The molecule has 0 spiro atoms. The number of halogens is 2. The topological polar surface area (TPSA) is 99.6 Å². The van der Waals surface area contributed by atoms with Gasteiger partial charge in [-0.2, -0.15) is 9.78 Å². The average molecular weight is 542 g/mol. The monoisotopic (exact) mass is 540 g/mol. The van der Waals surface area contributed by atoms with E-state index in [4.69, 9.17) is 16.3 Å². The van der Waals surface area contributed by atoms with Crippen molar-refractivity contribution in [1.29, 1.82) is 0 Å². The smallest absolute Gasteiger partial charge is 0.313 e. The lowest BCUT2D eigenvalue weighted by molar-refractivity contribution is -0.385. The van der Waals surface area contributed by atoms with Crippen LogP contribution in [-0.2, 0) is 13.0 Å². The highest BCUT2D eigenvalue weighted by molar-refractivity contribution is 9.10. The minimum Gasteiger partial charge on any atom is -0.481 e. The molecule has 10 heteroatoms. The minimum absolute atomic E-state index is 0.0312. The van der Waals surface area contributed by atoms with E-state index < -0.39 is 4.92 Å². The molecule has 4 aromatic rings. The third-order valence-electron chi connectivity index (χ3n) is 4.98. The maximum Gasteiger partial charge on any atom is 0.313 e. The standard InChI is InChI=1S/C24H18BrClN4O4/c1-2-22-28-20-9-8-17(25)12-18(20)24(31)29(22)27-13-16-10-19(26)23(21(11-16)30(32)33)34-14-15-6-4-3-5-7-15/h3-13H,2,14H2,1H3. The van der Waals surface area contributed by atoms with Crippen LogP contribution in [0.25, 0.3) is 10.9 Å². The number of nitro groups is 1. The molecular weight excluding hydrogens is 524 g/mol. The first kappa shape index (κ1) is 23.6. The number of fused-ring (bicyclic) bond motifs is 1. The molecule has 3 aromatic carbocycles. The Labute approximate surface area is 207 Å². The van der Waals surface area contributed by atoms with Crippen molar-refractivity contribution < 1.29 is 9.66 Å². The Kier molecular flexibility index (Phi) is 7.04. The highest BCUT2D eigenvalue weighted by atomic mass is 79.9. The second-order valence-electron chi connectivity index (χ2n) is 7.29. The maximum absolute atomic E-state index is 13.0. The fourth-order valence-corrected chi connectivity index (χ4v) is 3.99. The van der Waals surface area contributed by atoms with E-state index in [2.05, 4.69) is 26.0 Å². The van der Waals surface area contributed by atoms with Crippen LogP contribution in [0.5, 0.6) is 5.75 Å². The molecular formula is C24H18BrClN4O4. The summed E-state index contributed by atoms with van der Waals surface area (Å²) in [6.07, 6.45) is 1.80. The lowest BCUT2D eigenvalue weighted by Crippen LogP contribution is -2.22. The predicted octanol–water partition coefficient (Wildman–Crippen LogP) is 5.74. The molecule has 0 aliphatic rings. The van der Waals surface area contributed by atoms with Crippen molar-refractivity contribution in [3.63, 3.8) is 0 Å². The van der Waals surface area contributed by atoms with Crippen LogP contribution in [0.1, 0.15) is 23.9 Å². The van der Waals surface area contributed by atoms with Crippen LogP contribution in [0.15, 0.2) is 75.0 Å². The zero-order valence-electron chi connectivity index (χ0n) is 17.9. The van der Waals surface area contributed by atoms with Crippen LogP contribution in [0.3, 0.4) is 0 Å². The molecule has 0 unspecified atom stereocenters. The van der Waals surface area contributed by atoms with Crippen molar-refractivity contribution in [2.45, 2.75) is 20.0 Å². The number of rotatable bonds is 7. The van der Waals surface area contributed by atoms with Gasteiger partial charge >= 0.3 is 5.69 Å². The van der Waals surface area contributed by atoms with Gasteiger partial charge in [0.05, 0.1) is 27.1 Å². The van der Waals surface area contributed by atoms with Crippen molar-refractivity contribution in [3.05, 3.63) is 108 Å². The molecule has 0 saturated carbocycles. The van der Waals surface area contributed by atoms with Gasteiger partial charge in [0.2, 0.25) is 5.75 Å². The lowest BCUT2D eigenvalue weighted by Gasteiger charge is -2.10. The summed E-state index contributed by atoms with van der Waals surface area (Å²) in [5.41, 5.74) is 1.11. The Balaban J connectivity index is 1.71. The van der Waals surface area contributed by atoms with Gasteiger partial charge in [-0.1, -0.05) is 64.8 Å². The summed E-state index contributed by atoms with van der Waals surface area (Å²) < 4.78 is 7.59. The van der Waals surface area contributed by atoms with Gasteiger partial charge < -0.3 is 4.74 Å². The molecule has 0 N–H and O–H groups in total. The van der Waals surface area contributed by atoms with Gasteiger partial charge in [-0.05, 0) is 29.8 Å². The molecule has 0 fully saturated rings. The molecule has 172 valence electrons. The number of aromatic nitrogens is 2. The van der Waals surface area contributed by atoms with Gasteiger partial charge in [0.25, 0.3) is 5.56 Å². The lowest BCUT2D eigenvalue weighted by atomic mass is 10.2. The second kappa shape index (κ2) is 10.1. The first-order chi connectivity index (χ1) is 16.4. The van der Waals surface area contributed by atoms with E-state index in [0.29, 0.717) is 28.7 Å². The summed E-state index contributed by atoms with van der Waals surface area (Å²) in [6.45, 7) is 1.99. The quantitative estimate of drug-likeness (QED) is 0.169. The van der Waals surface area contributed by atoms with E-state index in [0.717, 1.165) is 10.0 Å². The number of benzene rings is 3.